The Bertz CT molecular complexity index is 821. The maximum absolute atomic E-state index is 4.57. The molecule has 0 fully saturated rings. The largest absolute Gasteiger partial charge is 0.352 e. The summed E-state index contributed by atoms with van der Waals surface area (Å²) in [4.78, 5) is 11.2. The maximum atomic E-state index is 4.57. The van der Waals surface area contributed by atoms with Crippen molar-refractivity contribution in [1.29, 1.82) is 0 Å². The van der Waals surface area contributed by atoms with Gasteiger partial charge in [0.15, 0.2) is 10.9 Å². The van der Waals surface area contributed by atoms with Crippen LogP contribution < -0.4 is 10.6 Å². The number of nitrogens with zero attached hydrogens (tertiary/aromatic N) is 3. The Balaban J connectivity index is 1.58. The van der Waals surface area contributed by atoms with E-state index in [1.165, 1.54) is 16.0 Å². The Morgan fingerprint density at radius 3 is 2.92 bits per heavy atom. The van der Waals surface area contributed by atoms with Crippen LogP contribution in [0.5, 0.6) is 0 Å². The number of imidazole rings is 1. The molecule has 0 amide bonds. The molecule has 1 aromatic carbocycles. The number of thioether (sulfide) groups is 1. The van der Waals surface area contributed by atoms with Crippen molar-refractivity contribution >= 4 is 34.0 Å². The van der Waals surface area contributed by atoms with Crippen molar-refractivity contribution in [2.24, 2.45) is 4.99 Å². The van der Waals surface area contributed by atoms with Gasteiger partial charge in [0.05, 0.1) is 12.2 Å². The fourth-order valence-electron chi connectivity index (χ4n) is 2.43. The molecule has 126 valence electrons. The highest BCUT2D eigenvalue weighted by molar-refractivity contribution is 7.98. The van der Waals surface area contributed by atoms with E-state index in [1.807, 2.05) is 22.2 Å². The Kier molecular flexibility index (Phi) is 5.42. The number of aryl methyl sites for hydroxylation is 1. The van der Waals surface area contributed by atoms with Gasteiger partial charge in [0.2, 0.25) is 0 Å². The van der Waals surface area contributed by atoms with Crippen LogP contribution in [0.3, 0.4) is 0 Å². The van der Waals surface area contributed by atoms with Gasteiger partial charge in [0.25, 0.3) is 0 Å². The van der Waals surface area contributed by atoms with Crippen LogP contribution >= 0.6 is 23.1 Å². The van der Waals surface area contributed by atoms with E-state index in [0.29, 0.717) is 6.54 Å². The number of thiazole rings is 1. The van der Waals surface area contributed by atoms with Gasteiger partial charge in [-0.2, -0.15) is 0 Å². The van der Waals surface area contributed by atoms with Crippen molar-refractivity contribution in [2.75, 3.05) is 13.3 Å². The number of benzene rings is 1. The molecule has 24 heavy (non-hydrogen) atoms. The van der Waals surface area contributed by atoms with Crippen LogP contribution in [0.4, 0.5) is 0 Å². The van der Waals surface area contributed by atoms with E-state index in [4.69, 9.17) is 0 Å². The first-order valence-corrected chi connectivity index (χ1v) is 9.79. The highest BCUT2D eigenvalue weighted by atomic mass is 32.2. The number of aliphatic imine (C=N–C) groups is 1. The van der Waals surface area contributed by atoms with Crippen molar-refractivity contribution in [1.82, 2.24) is 20.0 Å². The van der Waals surface area contributed by atoms with Gasteiger partial charge >= 0.3 is 0 Å². The number of hydrogen-bond donors (Lipinski definition) is 2. The molecule has 0 unspecified atom stereocenters. The molecule has 0 aliphatic carbocycles. The Hall–Kier alpha value is -1.99. The molecule has 0 aliphatic heterocycles. The lowest BCUT2D eigenvalue weighted by atomic mass is 10.1. The summed E-state index contributed by atoms with van der Waals surface area (Å²) in [6.07, 6.45) is 6.17. The van der Waals surface area contributed by atoms with Crippen LogP contribution in [0.25, 0.3) is 4.96 Å². The van der Waals surface area contributed by atoms with E-state index in [1.54, 1.807) is 30.1 Å². The predicted octanol–water partition coefficient (Wildman–Crippen LogP) is 3.29. The standard InChI is InChI=1S/C17H21N5S2/c1-12-4-5-13(15(8-12)23-3)9-19-16(18-2)20-10-14-11-22-6-7-24-17(22)21-14/h4-8,11H,9-10H2,1-3H3,(H2,18,19,20). The minimum absolute atomic E-state index is 0.650. The van der Waals surface area contributed by atoms with E-state index in [9.17, 15) is 0 Å². The average molecular weight is 360 g/mol. The normalized spacial score (nSPS) is 11.9. The number of aromatic nitrogens is 2. The molecule has 2 N–H and O–H groups in total. The highest BCUT2D eigenvalue weighted by Gasteiger charge is 2.06. The molecule has 7 heteroatoms. The molecule has 2 heterocycles. The summed E-state index contributed by atoms with van der Waals surface area (Å²) >= 11 is 3.41. The molecule has 2 aromatic heterocycles. The summed E-state index contributed by atoms with van der Waals surface area (Å²) in [7, 11) is 1.78. The van der Waals surface area contributed by atoms with Gasteiger partial charge in [-0.15, -0.1) is 23.1 Å². The van der Waals surface area contributed by atoms with E-state index >= 15 is 0 Å². The van der Waals surface area contributed by atoms with Crippen LogP contribution in [0.1, 0.15) is 16.8 Å². The molecule has 3 aromatic rings. The monoisotopic (exact) mass is 359 g/mol. The van der Waals surface area contributed by atoms with Crippen LogP contribution in [0, 0.1) is 6.92 Å². The quantitative estimate of drug-likeness (QED) is 0.417. The fourth-order valence-corrected chi connectivity index (χ4v) is 3.86. The zero-order chi connectivity index (χ0) is 16.9. The van der Waals surface area contributed by atoms with Gasteiger partial charge in [-0.1, -0.05) is 12.1 Å². The molecule has 5 nitrogen and oxygen atoms in total. The molecule has 0 atom stereocenters. The fraction of sp³-hybridized carbons (Fsp3) is 0.294. The lowest BCUT2D eigenvalue weighted by molar-refractivity contribution is 0.792. The minimum atomic E-state index is 0.650. The second-order valence-corrected chi connectivity index (χ2v) is 7.14. The van der Waals surface area contributed by atoms with Gasteiger partial charge in [0, 0.05) is 36.3 Å². The first kappa shape index (κ1) is 16.9. The third-order valence-corrected chi connectivity index (χ3v) is 5.28. The average Bonchev–Trinajstić information content (AvgIpc) is 3.17. The number of rotatable bonds is 5. The van der Waals surface area contributed by atoms with E-state index < -0.39 is 0 Å². The zero-order valence-corrected chi connectivity index (χ0v) is 15.7. The van der Waals surface area contributed by atoms with E-state index in [2.05, 4.69) is 52.0 Å². The Labute approximate surface area is 150 Å². The zero-order valence-electron chi connectivity index (χ0n) is 14.0. The topological polar surface area (TPSA) is 53.7 Å². The number of guanidine groups is 1. The molecular weight excluding hydrogens is 338 g/mol. The Morgan fingerprint density at radius 2 is 2.17 bits per heavy atom. The molecule has 0 saturated carbocycles. The molecule has 0 aliphatic rings. The maximum Gasteiger partial charge on any atom is 0.193 e. The van der Waals surface area contributed by atoms with Gasteiger partial charge in [-0.25, -0.2) is 4.98 Å². The van der Waals surface area contributed by atoms with Gasteiger partial charge in [-0.05, 0) is 30.4 Å². The number of hydrogen-bond acceptors (Lipinski definition) is 4. The van der Waals surface area contributed by atoms with Gasteiger partial charge < -0.3 is 10.6 Å². The first-order valence-electron chi connectivity index (χ1n) is 7.68. The van der Waals surface area contributed by atoms with Crippen LogP contribution in [0.15, 0.2) is 45.9 Å². The molecule has 0 saturated heterocycles. The van der Waals surface area contributed by atoms with Crippen LogP contribution in [-0.4, -0.2) is 28.6 Å². The summed E-state index contributed by atoms with van der Waals surface area (Å²) in [6.45, 7) is 3.51. The smallest absolute Gasteiger partial charge is 0.193 e. The Morgan fingerprint density at radius 1 is 1.33 bits per heavy atom. The summed E-state index contributed by atoms with van der Waals surface area (Å²) in [5.74, 6) is 0.777. The summed E-state index contributed by atoms with van der Waals surface area (Å²) in [6, 6.07) is 6.53. The van der Waals surface area contributed by atoms with Crippen molar-refractivity contribution in [3.63, 3.8) is 0 Å². The number of nitrogens with one attached hydrogen (secondary N) is 2. The van der Waals surface area contributed by atoms with Crippen LogP contribution in [-0.2, 0) is 13.1 Å². The molecular formula is C17H21N5S2. The van der Waals surface area contributed by atoms with Gasteiger partial charge in [0.1, 0.15) is 0 Å². The van der Waals surface area contributed by atoms with E-state index in [-0.39, 0.29) is 0 Å². The number of fused-ring (bicyclic) bond motifs is 1. The highest BCUT2D eigenvalue weighted by Crippen LogP contribution is 2.21. The lowest BCUT2D eigenvalue weighted by Crippen LogP contribution is -2.36. The van der Waals surface area contributed by atoms with Crippen molar-refractivity contribution in [3.05, 3.63) is 52.8 Å². The van der Waals surface area contributed by atoms with Crippen LogP contribution in [0.2, 0.25) is 0 Å². The predicted molar refractivity (Wildman–Crippen MR) is 103 cm³/mol. The lowest BCUT2D eigenvalue weighted by Gasteiger charge is -2.13. The van der Waals surface area contributed by atoms with Gasteiger partial charge in [-0.3, -0.25) is 9.39 Å². The van der Waals surface area contributed by atoms with Crippen molar-refractivity contribution < 1.29 is 0 Å². The summed E-state index contributed by atoms with van der Waals surface area (Å²) < 4.78 is 2.04. The SMILES string of the molecule is CN=C(NCc1cn2ccsc2n1)NCc1ccc(C)cc1SC. The molecule has 0 radical (unpaired) electrons. The van der Waals surface area contributed by atoms with E-state index in [0.717, 1.165) is 23.2 Å². The second kappa shape index (κ2) is 7.72. The molecule has 0 spiro atoms. The summed E-state index contributed by atoms with van der Waals surface area (Å²) in [5.41, 5.74) is 3.56. The minimum Gasteiger partial charge on any atom is -0.352 e. The van der Waals surface area contributed by atoms with Crippen molar-refractivity contribution in [2.45, 2.75) is 24.9 Å². The summed E-state index contributed by atoms with van der Waals surface area (Å²) in [5, 5.41) is 8.72. The molecule has 3 rings (SSSR count). The third-order valence-electron chi connectivity index (χ3n) is 3.69. The second-order valence-electron chi connectivity index (χ2n) is 5.42. The third kappa shape index (κ3) is 3.91. The molecule has 0 bridgehead atoms. The van der Waals surface area contributed by atoms with Crippen molar-refractivity contribution in [3.8, 4) is 0 Å². The first-order chi connectivity index (χ1) is 11.7.